The lowest BCUT2D eigenvalue weighted by molar-refractivity contribution is -0.121. The van der Waals surface area contributed by atoms with Crippen molar-refractivity contribution >= 4 is 16.8 Å². The molecule has 1 heterocycles. The van der Waals surface area contributed by atoms with E-state index in [-0.39, 0.29) is 12.5 Å². The van der Waals surface area contributed by atoms with E-state index in [0.29, 0.717) is 13.1 Å². The number of amides is 1. The fourth-order valence-corrected chi connectivity index (χ4v) is 2.22. The topological polar surface area (TPSA) is 54.3 Å². The number of nitrogens with zero attached hydrogens (tertiary/aromatic N) is 1. The van der Waals surface area contributed by atoms with Crippen LogP contribution in [-0.4, -0.2) is 28.7 Å². The molecule has 102 valence electrons. The van der Waals surface area contributed by atoms with Crippen LogP contribution < -0.4 is 5.32 Å². The molecule has 1 aromatic heterocycles. The Morgan fingerprint density at radius 3 is 2.89 bits per heavy atom. The second-order valence-corrected chi connectivity index (χ2v) is 4.71. The number of rotatable bonds is 6. The quantitative estimate of drug-likeness (QED) is 0.779. The van der Waals surface area contributed by atoms with Gasteiger partial charge in [-0.2, -0.15) is 0 Å². The Morgan fingerprint density at radius 1 is 1.32 bits per heavy atom. The molecule has 2 N–H and O–H groups in total. The number of aliphatic hydroxyl groups excluding tert-OH is 1. The molecule has 4 nitrogen and oxygen atoms in total. The summed E-state index contributed by atoms with van der Waals surface area (Å²) in [6.45, 7) is 3.16. The minimum Gasteiger partial charge on any atom is -0.396 e. The van der Waals surface area contributed by atoms with E-state index in [4.69, 9.17) is 5.11 Å². The van der Waals surface area contributed by atoms with Crippen LogP contribution in [0.25, 0.3) is 10.9 Å². The average molecular weight is 260 g/mol. The predicted molar refractivity (Wildman–Crippen MR) is 76.0 cm³/mol. The molecule has 2 aromatic rings. The molecule has 0 spiro atoms. The molecule has 0 saturated carbocycles. The van der Waals surface area contributed by atoms with Crippen LogP contribution >= 0.6 is 0 Å². The van der Waals surface area contributed by atoms with E-state index in [1.807, 2.05) is 29.7 Å². The van der Waals surface area contributed by atoms with Gasteiger partial charge >= 0.3 is 0 Å². The Hall–Kier alpha value is -1.81. The van der Waals surface area contributed by atoms with Crippen molar-refractivity contribution in [1.82, 2.24) is 9.88 Å². The standard InChI is InChI=1S/C15H20N2O2/c1-12-10-13-6-2-3-7-14(13)17(12)11-15(19)16-8-4-5-9-18/h2-3,6-7,10,18H,4-5,8-9,11H2,1H3,(H,16,19). The van der Waals surface area contributed by atoms with Crippen LogP contribution in [0.15, 0.2) is 30.3 Å². The van der Waals surface area contributed by atoms with Gasteiger partial charge in [0.15, 0.2) is 0 Å². The molecule has 0 atom stereocenters. The maximum atomic E-state index is 11.9. The minimum atomic E-state index is 0.0161. The van der Waals surface area contributed by atoms with Crippen LogP contribution in [0, 0.1) is 6.92 Å². The van der Waals surface area contributed by atoms with Crippen LogP contribution in [-0.2, 0) is 11.3 Å². The molecular weight excluding hydrogens is 240 g/mol. The molecule has 0 unspecified atom stereocenters. The highest BCUT2D eigenvalue weighted by Crippen LogP contribution is 2.18. The highest BCUT2D eigenvalue weighted by atomic mass is 16.2. The van der Waals surface area contributed by atoms with Crippen molar-refractivity contribution in [2.75, 3.05) is 13.2 Å². The maximum absolute atomic E-state index is 11.9. The van der Waals surface area contributed by atoms with Gasteiger partial charge in [0.2, 0.25) is 5.91 Å². The smallest absolute Gasteiger partial charge is 0.239 e. The van der Waals surface area contributed by atoms with E-state index < -0.39 is 0 Å². The highest BCUT2D eigenvalue weighted by Gasteiger charge is 2.08. The molecule has 0 bridgehead atoms. The molecular formula is C15H20N2O2. The molecule has 1 amide bonds. The van der Waals surface area contributed by atoms with Crippen LogP contribution in [0.1, 0.15) is 18.5 Å². The number of fused-ring (bicyclic) bond motifs is 1. The summed E-state index contributed by atoms with van der Waals surface area (Å²) in [6, 6.07) is 10.2. The third-order valence-electron chi connectivity index (χ3n) is 3.23. The summed E-state index contributed by atoms with van der Waals surface area (Å²) in [7, 11) is 0. The number of carbonyl (C=O) groups excluding carboxylic acids is 1. The second-order valence-electron chi connectivity index (χ2n) is 4.71. The molecule has 19 heavy (non-hydrogen) atoms. The van der Waals surface area contributed by atoms with E-state index >= 15 is 0 Å². The van der Waals surface area contributed by atoms with E-state index in [0.717, 1.165) is 29.4 Å². The van der Waals surface area contributed by atoms with Crippen LogP contribution in [0.2, 0.25) is 0 Å². The Balaban J connectivity index is 2.00. The van der Waals surface area contributed by atoms with Crippen molar-refractivity contribution < 1.29 is 9.90 Å². The van der Waals surface area contributed by atoms with Crippen molar-refractivity contribution in [2.24, 2.45) is 0 Å². The van der Waals surface area contributed by atoms with Crippen molar-refractivity contribution in [2.45, 2.75) is 26.3 Å². The van der Waals surface area contributed by atoms with Gasteiger partial charge in [-0.15, -0.1) is 0 Å². The van der Waals surface area contributed by atoms with Gasteiger partial charge in [-0.25, -0.2) is 0 Å². The van der Waals surface area contributed by atoms with E-state index in [9.17, 15) is 4.79 Å². The number of benzene rings is 1. The molecule has 0 fully saturated rings. The van der Waals surface area contributed by atoms with Gasteiger partial charge in [0, 0.05) is 24.4 Å². The maximum Gasteiger partial charge on any atom is 0.239 e. The third kappa shape index (κ3) is 3.35. The zero-order valence-electron chi connectivity index (χ0n) is 11.2. The Morgan fingerprint density at radius 2 is 2.11 bits per heavy atom. The lowest BCUT2D eigenvalue weighted by Gasteiger charge is -2.09. The molecule has 1 aromatic carbocycles. The van der Waals surface area contributed by atoms with Crippen molar-refractivity contribution in [3.05, 3.63) is 36.0 Å². The SMILES string of the molecule is Cc1cc2ccccc2n1CC(=O)NCCCCO. The third-order valence-corrected chi connectivity index (χ3v) is 3.23. The molecule has 0 aliphatic carbocycles. The Kier molecular flexibility index (Phi) is 4.58. The first-order chi connectivity index (χ1) is 9.22. The first-order valence-corrected chi connectivity index (χ1v) is 6.65. The number of hydrogen-bond acceptors (Lipinski definition) is 2. The summed E-state index contributed by atoms with van der Waals surface area (Å²) in [4.78, 5) is 11.9. The lowest BCUT2D eigenvalue weighted by atomic mass is 10.2. The summed E-state index contributed by atoms with van der Waals surface area (Å²) >= 11 is 0. The fourth-order valence-electron chi connectivity index (χ4n) is 2.22. The molecule has 2 rings (SSSR count). The van der Waals surface area contributed by atoms with E-state index in [1.54, 1.807) is 0 Å². The predicted octanol–water partition coefficient (Wildman–Crippen LogP) is 1.84. The Bertz CT molecular complexity index is 560. The van der Waals surface area contributed by atoms with Gasteiger partial charge in [-0.3, -0.25) is 4.79 Å². The number of hydrogen-bond donors (Lipinski definition) is 2. The first-order valence-electron chi connectivity index (χ1n) is 6.65. The molecule has 0 aliphatic rings. The average Bonchev–Trinajstić information content (AvgIpc) is 2.72. The zero-order valence-corrected chi connectivity index (χ0v) is 11.2. The monoisotopic (exact) mass is 260 g/mol. The number of aliphatic hydroxyl groups is 1. The van der Waals surface area contributed by atoms with Crippen molar-refractivity contribution in [1.29, 1.82) is 0 Å². The molecule has 4 heteroatoms. The van der Waals surface area contributed by atoms with Gasteiger partial charge in [-0.1, -0.05) is 18.2 Å². The minimum absolute atomic E-state index is 0.0161. The second kappa shape index (κ2) is 6.38. The summed E-state index contributed by atoms with van der Waals surface area (Å²) in [6.07, 6.45) is 1.54. The van der Waals surface area contributed by atoms with Gasteiger partial charge in [0.05, 0.1) is 0 Å². The number of para-hydroxylation sites is 1. The van der Waals surface area contributed by atoms with Gasteiger partial charge < -0.3 is 15.0 Å². The zero-order chi connectivity index (χ0) is 13.7. The van der Waals surface area contributed by atoms with E-state index in [2.05, 4.69) is 17.4 Å². The van der Waals surface area contributed by atoms with Crippen LogP contribution in [0.4, 0.5) is 0 Å². The molecule has 0 aliphatic heterocycles. The van der Waals surface area contributed by atoms with Gasteiger partial charge in [0.25, 0.3) is 0 Å². The number of nitrogens with one attached hydrogen (secondary N) is 1. The number of carbonyl (C=O) groups is 1. The summed E-state index contributed by atoms with van der Waals surface area (Å²) < 4.78 is 2.02. The van der Waals surface area contributed by atoms with E-state index in [1.165, 1.54) is 0 Å². The lowest BCUT2D eigenvalue weighted by Crippen LogP contribution is -2.28. The van der Waals surface area contributed by atoms with Crippen molar-refractivity contribution in [3.8, 4) is 0 Å². The van der Waals surface area contributed by atoms with Gasteiger partial charge in [-0.05, 0) is 37.3 Å². The number of aromatic nitrogens is 1. The summed E-state index contributed by atoms with van der Waals surface area (Å²) in [5.74, 6) is 0.0161. The fraction of sp³-hybridized carbons (Fsp3) is 0.400. The first kappa shape index (κ1) is 13.6. The molecule has 0 radical (unpaired) electrons. The number of unbranched alkanes of at least 4 members (excludes halogenated alkanes) is 1. The van der Waals surface area contributed by atoms with Gasteiger partial charge in [0.1, 0.15) is 6.54 Å². The molecule has 0 saturated heterocycles. The normalized spacial score (nSPS) is 10.8. The van der Waals surface area contributed by atoms with Crippen molar-refractivity contribution in [3.63, 3.8) is 0 Å². The van der Waals surface area contributed by atoms with Crippen LogP contribution in [0.3, 0.4) is 0 Å². The Labute approximate surface area is 113 Å². The summed E-state index contributed by atoms with van der Waals surface area (Å²) in [5.41, 5.74) is 2.18. The van der Waals surface area contributed by atoms with Crippen LogP contribution in [0.5, 0.6) is 0 Å². The highest BCUT2D eigenvalue weighted by molar-refractivity contribution is 5.84. The summed E-state index contributed by atoms with van der Waals surface area (Å²) in [5, 5.41) is 12.7. The largest absolute Gasteiger partial charge is 0.396 e. The number of aryl methyl sites for hydroxylation is 1.